The quantitative estimate of drug-likeness (QED) is 0.453. The number of carbonyl (C=O) groups is 1. The highest BCUT2D eigenvalue weighted by Crippen LogP contribution is 2.39. The SMILES string of the molecule is COc1cc2c(cc1/C=C(/Br)C(=O)c1ccc(N(C)C)c(N)c1)OCO2. The molecular formula is C19H19BrN2O4. The maximum absolute atomic E-state index is 12.7. The van der Waals surface area contributed by atoms with E-state index in [0.717, 1.165) is 5.69 Å². The molecule has 0 amide bonds. The summed E-state index contributed by atoms with van der Waals surface area (Å²) in [5, 5.41) is 0. The van der Waals surface area contributed by atoms with E-state index in [4.69, 9.17) is 19.9 Å². The number of rotatable bonds is 5. The largest absolute Gasteiger partial charge is 0.496 e. The van der Waals surface area contributed by atoms with E-state index < -0.39 is 0 Å². The number of halogens is 1. The smallest absolute Gasteiger partial charge is 0.231 e. The second kappa shape index (κ2) is 7.29. The molecule has 0 unspecified atom stereocenters. The predicted molar refractivity (Wildman–Crippen MR) is 106 cm³/mol. The van der Waals surface area contributed by atoms with Crippen LogP contribution in [0.4, 0.5) is 11.4 Å². The number of ether oxygens (including phenoxy) is 3. The van der Waals surface area contributed by atoms with E-state index >= 15 is 0 Å². The molecule has 0 aliphatic carbocycles. The maximum atomic E-state index is 12.7. The summed E-state index contributed by atoms with van der Waals surface area (Å²) in [6, 6.07) is 8.76. The van der Waals surface area contributed by atoms with Crippen LogP contribution in [0.25, 0.3) is 6.08 Å². The molecule has 1 aliphatic heterocycles. The molecule has 2 aromatic carbocycles. The van der Waals surface area contributed by atoms with Crippen molar-refractivity contribution < 1.29 is 19.0 Å². The van der Waals surface area contributed by atoms with E-state index in [-0.39, 0.29) is 12.6 Å². The summed E-state index contributed by atoms with van der Waals surface area (Å²) in [4.78, 5) is 14.6. The summed E-state index contributed by atoms with van der Waals surface area (Å²) >= 11 is 3.37. The number of ketones is 1. The Kier molecular flexibility index (Phi) is 5.08. The molecule has 0 fully saturated rings. The monoisotopic (exact) mass is 418 g/mol. The highest BCUT2D eigenvalue weighted by molar-refractivity contribution is 9.12. The number of methoxy groups -OCH3 is 1. The van der Waals surface area contributed by atoms with Gasteiger partial charge in [-0.05, 0) is 46.3 Å². The molecule has 0 aromatic heterocycles. The lowest BCUT2D eigenvalue weighted by atomic mass is 10.1. The number of hydrogen-bond donors (Lipinski definition) is 1. The van der Waals surface area contributed by atoms with Crippen molar-refractivity contribution in [2.75, 3.05) is 38.6 Å². The van der Waals surface area contributed by atoms with Crippen molar-refractivity contribution in [2.45, 2.75) is 0 Å². The molecule has 0 radical (unpaired) electrons. The van der Waals surface area contributed by atoms with E-state index in [2.05, 4.69) is 15.9 Å². The van der Waals surface area contributed by atoms with Crippen molar-refractivity contribution >= 4 is 39.2 Å². The molecule has 0 saturated heterocycles. The van der Waals surface area contributed by atoms with Gasteiger partial charge in [-0.2, -0.15) is 0 Å². The van der Waals surface area contributed by atoms with Gasteiger partial charge in [-0.1, -0.05) is 0 Å². The molecule has 0 spiro atoms. The first-order valence-corrected chi connectivity index (χ1v) is 8.66. The van der Waals surface area contributed by atoms with E-state index in [9.17, 15) is 4.79 Å². The van der Waals surface area contributed by atoms with Crippen LogP contribution in [-0.2, 0) is 0 Å². The van der Waals surface area contributed by atoms with E-state index in [1.807, 2.05) is 25.1 Å². The van der Waals surface area contributed by atoms with E-state index in [1.165, 1.54) is 0 Å². The number of carbonyl (C=O) groups excluding carboxylic acids is 1. The minimum absolute atomic E-state index is 0.170. The Hall–Kier alpha value is -2.67. The molecule has 1 heterocycles. The molecule has 2 aromatic rings. The molecule has 136 valence electrons. The average Bonchev–Trinajstić information content (AvgIpc) is 3.07. The van der Waals surface area contributed by atoms with Crippen LogP contribution in [0.2, 0.25) is 0 Å². The zero-order valence-electron chi connectivity index (χ0n) is 14.7. The van der Waals surface area contributed by atoms with Gasteiger partial charge in [0.25, 0.3) is 0 Å². The Balaban J connectivity index is 1.93. The summed E-state index contributed by atoms with van der Waals surface area (Å²) in [6.45, 7) is 0.170. The van der Waals surface area contributed by atoms with Crippen LogP contribution < -0.4 is 24.8 Å². The lowest BCUT2D eigenvalue weighted by Gasteiger charge is -2.15. The van der Waals surface area contributed by atoms with Crippen molar-refractivity contribution in [3.63, 3.8) is 0 Å². The Morgan fingerprint density at radius 3 is 2.54 bits per heavy atom. The predicted octanol–water partition coefficient (Wildman–Crippen LogP) is 3.69. The molecular weight excluding hydrogens is 400 g/mol. The summed E-state index contributed by atoms with van der Waals surface area (Å²) in [6.07, 6.45) is 1.69. The Morgan fingerprint density at radius 1 is 1.23 bits per heavy atom. The summed E-state index contributed by atoms with van der Waals surface area (Å²) in [5.74, 6) is 1.64. The Bertz CT molecular complexity index is 893. The second-order valence-electron chi connectivity index (χ2n) is 5.94. The molecule has 26 heavy (non-hydrogen) atoms. The summed E-state index contributed by atoms with van der Waals surface area (Å²) in [7, 11) is 5.36. The van der Waals surface area contributed by atoms with Crippen molar-refractivity contribution in [2.24, 2.45) is 0 Å². The molecule has 6 nitrogen and oxygen atoms in total. The number of anilines is 2. The van der Waals surface area contributed by atoms with Gasteiger partial charge in [0, 0.05) is 31.3 Å². The van der Waals surface area contributed by atoms with E-state index in [0.29, 0.717) is 38.5 Å². The van der Waals surface area contributed by atoms with Gasteiger partial charge in [0.05, 0.1) is 23.0 Å². The first-order chi connectivity index (χ1) is 12.4. The lowest BCUT2D eigenvalue weighted by molar-refractivity contribution is 0.104. The number of nitrogens with two attached hydrogens (primary N) is 1. The number of nitrogens with zero attached hydrogens (tertiary/aromatic N) is 1. The van der Waals surface area contributed by atoms with Gasteiger partial charge in [-0.25, -0.2) is 0 Å². The van der Waals surface area contributed by atoms with Crippen LogP contribution in [0.3, 0.4) is 0 Å². The molecule has 1 aliphatic rings. The van der Waals surface area contributed by atoms with E-state index in [1.54, 1.807) is 37.5 Å². The van der Waals surface area contributed by atoms with Crippen molar-refractivity contribution in [3.05, 3.63) is 45.9 Å². The third-order valence-corrected chi connectivity index (χ3v) is 4.58. The minimum atomic E-state index is -0.179. The minimum Gasteiger partial charge on any atom is -0.496 e. The number of allylic oxidation sites excluding steroid dienone is 1. The molecule has 3 rings (SSSR count). The van der Waals surface area contributed by atoms with Crippen LogP contribution >= 0.6 is 15.9 Å². The van der Waals surface area contributed by atoms with Crippen LogP contribution in [0.15, 0.2) is 34.8 Å². The second-order valence-corrected chi connectivity index (χ2v) is 6.79. The molecule has 0 atom stereocenters. The van der Waals surface area contributed by atoms with Crippen molar-refractivity contribution in [1.29, 1.82) is 0 Å². The van der Waals surface area contributed by atoms with Crippen LogP contribution in [-0.4, -0.2) is 33.8 Å². The molecule has 2 N–H and O–H groups in total. The zero-order chi connectivity index (χ0) is 18.8. The standard InChI is InChI=1S/C19H19BrN2O4/c1-22(2)15-5-4-11(7-14(15)21)19(23)13(20)6-12-8-17-18(26-10-25-17)9-16(12)24-3/h4-9H,10,21H2,1-3H3/b13-6+. The van der Waals surface area contributed by atoms with Gasteiger partial charge in [0.1, 0.15) is 5.75 Å². The van der Waals surface area contributed by atoms with Gasteiger partial charge in [-0.15, -0.1) is 0 Å². The number of hydrogen-bond acceptors (Lipinski definition) is 6. The van der Waals surface area contributed by atoms with Crippen molar-refractivity contribution in [1.82, 2.24) is 0 Å². The van der Waals surface area contributed by atoms with Gasteiger partial charge in [0.2, 0.25) is 6.79 Å². The first-order valence-electron chi connectivity index (χ1n) is 7.87. The molecule has 7 heteroatoms. The highest BCUT2D eigenvalue weighted by Gasteiger charge is 2.18. The lowest BCUT2D eigenvalue weighted by Crippen LogP contribution is -2.12. The average molecular weight is 419 g/mol. The fraction of sp³-hybridized carbons (Fsp3) is 0.211. The fourth-order valence-corrected chi connectivity index (χ4v) is 3.15. The number of benzene rings is 2. The van der Waals surface area contributed by atoms with Gasteiger partial charge >= 0.3 is 0 Å². The topological polar surface area (TPSA) is 74.0 Å². The van der Waals surface area contributed by atoms with Crippen molar-refractivity contribution in [3.8, 4) is 17.2 Å². The number of fused-ring (bicyclic) bond motifs is 1. The Labute approximate surface area is 160 Å². The zero-order valence-corrected chi connectivity index (χ0v) is 16.3. The van der Waals surface area contributed by atoms with Gasteiger partial charge in [0.15, 0.2) is 17.3 Å². The fourth-order valence-electron chi connectivity index (χ4n) is 2.67. The summed E-state index contributed by atoms with van der Waals surface area (Å²) < 4.78 is 16.5. The number of Topliss-reactive ketones (excluding diaryl/α,β-unsaturated/α-hetero) is 1. The molecule has 0 saturated carbocycles. The number of nitrogen functional groups attached to an aromatic ring is 1. The van der Waals surface area contributed by atoms with Crippen LogP contribution in [0.5, 0.6) is 17.2 Å². The third kappa shape index (κ3) is 3.48. The van der Waals surface area contributed by atoms with Crippen LogP contribution in [0.1, 0.15) is 15.9 Å². The third-order valence-electron chi connectivity index (χ3n) is 4.00. The molecule has 0 bridgehead atoms. The van der Waals surface area contributed by atoms with Gasteiger partial charge < -0.3 is 24.8 Å². The van der Waals surface area contributed by atoms with Crippen LogP contribution in [0, 0.1) is 0 Å². The highest BCUT2D eigenvalue weighted by atomic mass is 79.9. The normalized spacial score (nSPS) is 12.8. The maximum Gasteiger partial charge on any atom is 0.231 e. The van der Waals surface area contributed by atoms with Gasteiger partial charge in [-0.3, -0.25) is 4.79 Å². The summed E-state index contributed by atoms with van der Waals surface area (Å²) in [5.41, 5.74) is 8.64. The first kappa shape index (κ1) is 18.1. The Morgan fingerprint density at radius 2 is 1.92 bits per heavy atom.